The van der Waals surface area contributed by atoms with Gasteiger partial charge in [0, 0.05) is 0 Å². The first-order valence-corrected chi connectivity index (χ1v) is 2.50. The maximum atomic E-state index is 8.84. The van der Waals surface area contributed by atoms with Crippen molar-refractivity contribution in [1.29, 1.82) is 5.26 Å². The fourth-order valence-corrected chi connectivity index (χ4v) is 0.666. The molecule has 1 saturated heterocycles. The summed E-state index contributed by atoms with van der Waals surface area (Å²) in [6.45, 7) is 0.704. The van der Waals surface area contributed by atoms with Crippen LogP contribution in [0, 0.1) is 17.2 Å². The minimum Gasteiger partial charge on any atom is -0.389 e. The summed E-state index contributed by atoms with van der Waals surface area (Å²) in [5.41, 5.74) is 0. The van der Waals surface area contributed by atoms with Gasteiger partial charge in [-0.3, -0.25) is 0 Å². The first-order valence-electron chi connectivity index (χ1n) is 2.50. The van der Waals surface area contributed by atoms with Crippen molar-refractivity contribution in [3.8, 4) is 6.07 Å². The van der Waals surface area contributed by atoms with Crippen LogP contribution in [0.2, 0.25) is 0 Å². The highest BCUT2D eigenvalue weighted by Crippen LogP contribution is 2.10. The molecule has 0 amide bonds. The number of hydrogen-bond donors (Lipinski definition) is 1. The van der Waals surface area contributed by atoms with Crippen LogP contribution in [0.4, 0.5) is 0 Å². The molecule has 0 radical (unpaired) electrons. The van der Waals surface area contributed by atoms with Crippen molar-refractivity contribution in [3.05, 3.63) is 0 Å². The zero-order valence-corrected chi connectivity index (χ0v) is 4.37. The van der Waals surface area contributed by atoms with Crippen molar-refractivity contribution in [2.24, 2.45) is 5.92 Å². The summed E-state index contributed by atoms with van der Waals surface area (Å²) in [5.74, 6) is -0.296. The predicted molar refractivity (Wildman–Crippen MR) is 25.9 cm³/mol. The summed E-state index contributed by atoms with van der Waals surface area (Å²) in [6, 6.07) is 1.94. The molecule has 1 N–H and O–H groups in total. The third kappa shape index (κ3) is 0.808. The van der Waals surface area contributed by atoms with Gasteiger partial charge in [-0.05, 0) is 0 Å². The number of aliphatic hydroxyl groups excluding tert-OH is 1. The molecule has 0 spiro atoms. The van der Waals surface area contributed by atoms with E-state index >= 15 is 0 Å². The fraction of sp³-hybridized carbons (Fsp3) is 0.800. The first kappa shape index (κ1) is 5.54. The van der Waals surface area contributed by atoms with Crippen LogP contribution in [-0.4, -0.2) is 24.4 Å². The molecule has 1 heterocycles. The number of nitriles is 1. The largest absolute Gasteiger partial charge is 0.389 e. The predicted octanol–water partition coefficient (Wildman–Crippen LogP) is -0.483. The molecule has 3 nitrogen and oxygen atoms in total. The molecule has 1 fully saturated rings. The lowest BCUT2D eigenvalue weighted by atomic mass is 10.1. The maximum Gasteiger partial charge on any atom is 0.0978 e. The Morgan fingerprint density at radius 2 is 2.38 bits per heavy atom. The average molecular weight is 113 g/mol. The normalized spacial score (nSPS) is 37.0. The SMILES string of the molecule is N#CC1COCC1O. The molecule has 3 heteroatoms. The van der Waals surface area contributed by atoms with Crippen molar-refractivity contribution >= 4 is 0 Å². The average Bonchev–Trinajstić information content (AvgIpc) is 2.14. The van der Waals surface area contributed by atoms with Gasteiger partial charge in [-0.25, -0.2) is 0 Å². The lowest BCUT2D eigenvalue weighted by molar-refractivity contribution is 0.123. The second kappa shape index (κ2) is 2.12. The Morgan fingerprint density at radius 1 is 1.62 bits per heavy atom. The standard InChI is InChI=1S/C5H7NO2/c6-1-4-2-8-3-5(4)7/h4-5,7H,2-3H2. The third-order valence-corrected chi connectivity index (χ3v) is 1.22. The molecule has 1 aliphatic heterocycles. The van der Waals surface area contributed by atoms with Crippen LogP contribution in [0.5, 0.6) is 0 Å². The molecule has 1 aliphatic rings. The molecule has 0 aromatic heterocycles. The van der Waals surface area contributed by atoms with E-state index in [2.05, 4.69) is 0 Å². The zero-order valence-electron chi connectivity index (χ0n) is 4.37. The summed E-state index contributed by atoms with van der Waals surface area (Å²) in [7, 11) is 0. The monoisotopic (exact) mass is 113 g/mol. The topological polar surface area (TPSA) is 53.2 Å². The first-order chi connectivity index (χ1) is 3.84. The molecule has 0 saturated carbocycles. The van der Waals surface area contributed by atoms with Crippen LogP contribution in [0.1, 0.15) is 0 Å². The summed E-state index contributed by atoms with van der Waals surface area (Å²) in [5, 5.41) is 17.1. The number of nitrogens with zero attached hydrogens (tertiary/aromatic N) is 1. The molecule has 0 aromatic rings. The molecule has 0 aliphatic carbocycles. The van der Waals surface area contributed by atoms with Crippen molar-refractivity contribution in [1.82, 2.24) is 0 Å². The maximum absolute atomic E-state index is 8.84. The number of ether oxygens (including phenoxy) is 1. The highest BCUT2D eigenvalue weighted by Gasteiger charge is 2.25. The van der Waals surface area contributed by atoms with E-state index in [1.165, 1.54) is 0 Å². The fourth-order valence-electron chi connectivity index (χ4n) is 0.666. The van der Waals surface area contributed by atoms with Gasteiger partial charge in [-0.2, -0.15) is 5.26 Å². The second-order valence-electron chi connectivity index (χ2n) is 1.84. The quantitative estimate of drug-likeness (QED) is 0.461. The molecule has 0 bridgehead atoms. The number of hydrogen-bond acceptors (Lipinski definition) is 3. The molecule has 2 atom stereocenters. The van der Waals surface area contributed by atoms with Gasteiger partial charge in [0.25, 0.3) is 0 Å². The van der Waals surface area contributed by atoms with Crippen molar-refractivity contribution < 1.29 is 9.84 Å². The van der Waals surface area contributed by atoms with Crippen LogP contribution in [0.3, 0.4) is 0 Å². The Bertz CT molecular complexity index is 118. The summed E-state index contributed by atoms with van der Waals surface area (Å²) in [6.07, 6.45) is -0.556. The lowest BCUT2D eigenvalue weighted by Crippen LogP contribution is -2.15. The van der Waals surface area contributed by atoms with Crippen LogP contribution < -0.4 is 0 Å². The van der Waals surface area contributed by atoms with Gasteiger partial charge in [0.05, 0.1) is 31.3 Å². The van der Waals surface area contributed by atoms with Crippen molar-refractivity contribution in [2.75, 3.05) is 13.2 Å². The highest BCUT2D eigenvalue weighted by molar-refractivity contribution is 4.91. The summed E-state index contributed by atoms with van der Waals surface area (Å²) in [4.78, 5) is 0. The molecular formula is C5H7NO2. The van der Waals surface area contributed by atoms with E-state index in [9.17, 15) is 0 Å². The van der Waals surface area contributed by atoms with E-state index in [0.717, 1.165) is 0 Å². The van der Waals surface area contributed by atoms with Crippen LogP contribution in [0.15, 0.2) is 0 Å². The smallest absolute Gasteiger partial charge is 0.0978 e. The van der Waals surface area contributed by atoms with Crippen LogP contribution >= 0.6 is 0 Å². The number of aliphatic hydroxyl groups is 1. The summed E-state index contributed by atoms with van der Waals surface area (Å²) < 4.78 is 4.79. The van der Waals surface area contributed by atoms with Gasteiger partial charge in [0.15, 0.2) is 0 Å². The van der Waals surface area contributed by atoms with Gasteiger partial charge in [0.1, 0.15) is 0 Å². The Kier molecular flexibility index (Phi) is 1.47. The van der Waals surface area contributed by atoms with Gasteiger partial charge >= 0.3 is 0 Å². The number of rotatable bonds is 0. The highest BCUT2D eigenvalue weighted by atomic mass is 16.5. The molecule has 44 valence electrons. The van der Waals surface area contributed by atoms with Gasteiger partial charge in [-0.15, -0.1) is 0 Å². The van der Waals surface area contributed by atoms with E-state index in [4.69, 9.17) is 15.1 Å². The molecule has 1 rings (SSSR count). The van der Waals surface area contributed by atoms with Crippen molar-refractivity contribution in [3.63, 3.8) is 0 Å². The van der Waals surface area contributed by atoms with Gasteiger partial charge in [-0.1, -0.05) is 0 Å². The van der Waals surface area contributed by atoms with Crippen LogP contribution in [0.25, 0.3) is 0 Å². The molecule has 2 unspecified atom stereocenters. The molecule has 0 aromatic carbocycles. The minimum atomic E-state index is -0.556. The lowest BCUT2D eigenvalue weighted by Gasteiger charge is -1.98. The second-order valence-corrected chi connectivity index (χ2v) is 1.84. The summed E-state index contributed by atoms with van der Waals surface area (Å²) >= 11 is 0. The van der Waals surface area contributed by atoms with E-state index in [0.29, 0.717) is 13.2 Å². The zero-order chi connectivity index (χ0) is 5.98. The Balaban J connectivity index is 2.45. The van der Waals surface area contributed by atoms with E-state index < -0.39 is 6.10 Å². The Hall–Kier alpha value is -0.590. The third-order valence-electron chi connectivity index (χ3n) is 1.22. The minimum absolute atomic E-state index is 0.296. The van der Waals surface area contributed by atoms with Crippen LogP contribution in [-0.2, 0) is 4.74 Å². The Labute approximate surface area is 47.5 Å². The van der Waals surface area contributed by atoms with E-state index in [1.807, 2.05) is 6.07 Å². The Morgan fingerprint density at radius 3 is 2.62 bits per heavy atom. The van der Waals surface area contributed by atoms with E-state index in [-0.39, 0.29) is 5.92 Å². The van der Waals surface area contributed by atoms with Gasteiger partial charge in [0.2, 0.25) is 0 Å². The molecule has 8 heavy (non-hydrogen) atoms. The molecular weight excluding hydrogens is 106 g/mol. The van der Waals surface area contributed by atoms with Crippen molar-refractivity contribution in [2.45, 2.75) is 6.10 Å². The van der Waals surface area contributed by atoms with Gasteiger partial charge < -0.3 is 9.84 Å². The van der Waals surface area contributed by atoms with E-state index in [1.54, 1.807) is 0 Å².